The Morgan fingerprint density at radius 2 is 2.00 bits per heavy atom. The normalized spacial score (nSPS) is 9.76. The second-order valence-electron chi connectivity index (χ2n) is 4.34. The lowest BCUT2D eigenvalue weighted by atomic mass is 10.1. The lowest BCUT2D eigenvalue weighted by Gasteiger charge is -2.11. The summed E-state index contributed by atoms with van der Waals surface area (Å²) in [6, 6.07) is 14.3. The van der Waals surface area contributed by atoms with Gasteiger partial charge in [0.1, 0.15) is 0 Å². The second kappa shape index (κ2) is 6.78. The van der Waals surface area contributed by atoms with Crippen LogP contribution in [0.2, 0.25) is 5.02 Å². The highest BCUT2D eigenvalue weighted by molar-refractivity contribution is 6.31. The lowest BCUT2D eigenvalue weighted by molar-refractivity contribution is 0.0602. The van der Waals surface area contributed by atoms with Gasteiger partial charge in [-0.25, -0.2) is 4.79 Å². The molecule has 0 aliphatic heterocycles. The van der Waals surface area contributed by atoms with Crippen LogP contribution < -0.4 is 5.32 Å². The van der Waals surface area contributed by atoms with Gasteiger partial charge in [0.25, 0.3) is 0 Å². The summed E-state index contributed by atoms with van der Waals surface area (Å²) in [7, 11) is 1.33. The Balaban J connectivity index is 2.15. The second-order valence-corrected chi connectivity index (χ2v) is 4.78. The molecule has 0 bridgehead atoms. The van der Waals surface area contributed by atoms with E-state index in [9.17, 15) is 4.79 Å². The fourth-order valence-electron chi connectivity index (χ4n) is 1.84. The van der Waals surface area contributed by atoms with Crippen LogP contribution in [0, 0.1) is 11.3 Å². The van der Waals surface area contributed by atoms with Crippen LogP contribution in [0.1, 0.15) is 21.5 Å². The van der Waals surface area contributed by atoms with Crippen LogP contribution >= 0.6 is 11.6 Å². The average Bonchev–Trinajstić information content (AvgIpc) is 2.53. The highest BCUT2D eigenvalue weighted by atomic mass is 35.5. The summed E-state index contributed by atoms with van der Waals surface area (Å²) >= 11 is 5.90. The van der Waals surface area contributed by atoms with Gasteiger partial charge in [0.2, 0.25) is 0 Å². The maximum atomic E-state index is 11.7. The number of benzene rings is 2. The molecule has 0 aromatic heterocycles. The van der Waals surface area contributed by atoms with Crippen LogP contribution in [0.15, 0.2) is 42.5 Å². The van der Waals surface area contributed by atoms with E-state index in [2.05, 4.69) is 11.4 Å². The third-order valence-corrected chi connectivity index (χ3v) is 3.19. The van der Waals surface area contributed by atoms with Gasteiger partial charge in [-0.15, -0.1) is 0 Å². The fourth-order valence-corrected chi connectivity index (χ4v) is 2.02. The number of nitrogens with zero attached hydrogens (tertiary/aromatic N) is 1. The maximum absolute atomic E-state index is 11.7. The number of esters is 1. The Morgan fingerprint density at radius 1 is 1.29 bits per heavy atom. The molecule has 5 heteroatoms. The predicted octanol–water partition coefficient (Wildman–Crippen LogP) is 3.61. The third kappa shape index (κ3) is 3.74. The summed E-state index contributed by atoms with van der Waals surface area (Å²) in [4.78, 5) is 11.7. The summed E-state index contributed by atoms with van der Waals surface area (Å²) in [6.07, 6.45) is 0. The first kappa shape index (κ1) is 14.9. The van der Waals surface area contributed by atoms with E-state index >= 15 is 0 Å². The number of nitrogens with one attached hydrogen (secondary N) is 1. The van der Waals surface area contributed by atoms with Gasteiger partial charge >= 0.3 is 5.97 Å². The molecule has 0 aliphatic carbocycles. The summed E-state index contributed by atoms with van der Waals surface area (Å²) in [5, 5.41) is 12.4. The van der Waals surface area contributed by atoms with E-state index in [1.54, 1.807) is 30.3 Å². The first-order valence-corrected chi connectivity index (χ1v) is 6.62. The van der Waals surface area contributed by atoms with E-state index in [4.69, 9.17) is 21.6 Å². The van der Waals surface area contributed by atoms with Gasteiger partial charge in [0.05, 0.1) is 24.3 Å². The number of carbonyl (C=O) groups excluding carboxylic acids is 1. The third-order valence-electron chi connectivity index (χ3n) is 2.95. The zero-order valence-corrected chi connectivity index (χ0v) is 12.1. The largest absolute Gasteiger partial charge is 0.465 e. The Hall–Kier alpha value is -2.51. The summed E-state index contributed by atoms with van der Waals surface area (Å²) in [6.45, 7) is 0.525. The minimum atomic E-state index is -0.445. The first-order valence-electron chi connectivity index (χ1n) is 6.25. The molecule has 0 atom stereocenters. The predicted molar refractivity (Wildman–Crippen MR) is 81.3 cm³/mol. The molecule has 106 valence electrons. The van der Waals surface area contributed by atoms with Crippen molar-refractivity contribution in [3.63, 3.8) is 0 Å². The molecule has 4 nitrogen and oxygen atoms in total. The zero-order chi connectivity index (χ0) is 15.2. The Bertz CT molecular complexity index is 690. The molecule has 1 N–H and O–H groups in total. The van der Waals surface area contributed by atoms with Crippen molar-refractivity contribution in [1.82, 2.24) is 0 Å². The van der Waals surface area contributed by atoms with E-state index in [1.807, 2.05) is 12.1 Å². The number of ether oxygens (including phenoxy) is 1. The molecule has 0 spiro atoms. The van der Waals surface area contributed by atoms with Crippen LogP contribution in [0.5, 0.6) is 0 Å². The molecule has 0 radical (unpaired) electrons. The van der Waals surface area contributed by atoms with Crippen molar-refractivity contribution in [3.05, 3.63) is 64.2 Å². The van der Waals surface area contributed by atoms with Gasteiger partial charge in [-0.05, 0) is 35.9 Å². The summed E-state index contributed by atoms with van der Waals surface area (Å²) in [5.41, 5.74) is 2.65. The van der Waals surface area contributed by atoms with Gasteiger partial charge in [-0.3, -0.25) is 0 Å². The highest BCUT2D eigenvalue weighted by Gasteiger charge is 2.12. The molecule has 0 heterocycles. The van der Waals surface area contributed by atoms with Crippen molar-refractivity contribution in [1.29, 1.82) is 5.26 Å². The number of anilines is 1. The molecule has 21 heavy (non-hydrogen) atoms. The van der Waals surface area contributed by atoms with Crippen LogP contribution in [-0.4, -0.2) is 13.1 Å². The minimum Gasteiger partial charge on any atom is -0.465 e. The molecule has 2 aromatic carbocycles. The van der Waals surface area contributed by atoms with Gasteiger partial charge in [-0.2, -0.15) is 5.26 Å². The molecule has 0 aliphatic rings. The number of nitriles is 1. The quantitative estimate of drug-likeness (QED) is 0.876. The van der Waals surface area contributed by atoms with Crippen molar-refractivity contribution < 1.29 is 9.53 Å². The smallest absolute Gasteiger partial charge is 0.340 e. The van der Waals surface area contributed by atoms with Crippen molar-refractivity contribution in [3.8, 4) is 6.07 Å². The molecule has 2 rings (SSSR count). The molecule has 0 unspecified atom stereocenters. The Morgan fingerprint density at radius 3 is 2.62 bits per heavy atom. The highest BCUT2D eigenvalue weighted by Crippen LogP contribution is 2.22. The van der Waals surface area contributed by atoms with Crippen molar-refractivity contribution in [2.75, 3.05) is 12.4 Å². The Labute approximate surface area is 127 Å². The lowest BCUT2D eigenvalue weighted by Crippen LogP contribution is -2.08. The van der Waals surface area contributed by atoms with E-state index in [1.165, 1.54) is 7.11 Å². The van der Waals surface area contributed by atoms with E-state index < -0.39 is 5.97 Å². The molecule has 0 fully saturated rings. The van der Waals surface area contributed by atoms with Crippen LogP contribution in [0.25, 0.3) is 0 Å². The van der Waals surface area contributed by atoms with Crippen LogP contribution in [0.4, 0.5) is 5.69 Å². The average molecular weight is 301 g/mol. The van der Waals surface area contributed by atoms with Gasteiger partial charge in [-0.1, -0.05) is 23.7 Å². The number of hydrogen-bond acceptors (Lipinski definition) is 4. The molecular formula is C16H13ClN2O2. The van der Waals surface area contributed by atoms with Crippen molar-refractivity contribution >= 4 is 23.3 Å². The number of hydrogen-bond donors (Lipinski definition) is 1. The topological polar surface area (TPSA) is 62.1 Å². The van der Waals surface area contributed by atoms with E-state index in [0.717, 1.165) is 5.56 Å². The number of methoxy groups -OCH3 is 1. The van der Waals surface area contributed by atoms with Crippen molar-refractivity contribution in [2.45, 2.75) is 6.54 Å². The summed E-state index contributed by atoms with van der Waals surface area (Å²) in [5.74, 6) is -0.445. The van der Waals surface area contributed by atoms with Gasteiger partial charge in [0.15, 0.2) is 0 Å². The van der Waals surface area contributed by atoms with Crippen LogP contribution in [-0.2, 0) is 11.3 Å². The fraction of sp³-hybridized carbons (Fsp3) is 0.125. The molecule has 0 saturated heterocycles. The molecule has 0 saturated carbocycles. The molecular weight excluding hydrogens is 288 g/mol. The van der Waals surface area contributed by atoms with E-state index in [-0.39, 0.29) is 0 Å². The SMILES string of the molecule is COC(=O)c1cc(Cl)ccc1NCc1ccc(C#N)cc1. The number of halogens is 1. The van der Waals surface area contributed by atoms with Gasteiger partial charge in [0, 0.05) is 17.3 Å². The standard InChI is InChI=1S/C16H13ClN2O2/c1-21-16(20)14-8-13(17)6-7-15(14)19-10-12-4-2-11(9-18)3-5-12/h2-8,19H,10H2,1H3. The van der Waals surface area contributed by atoms with Crippen molar-refractivity contribution in [2.24, 2.45) is 0 Å². The monoisotopic (exact) mass is 300 g/mol. The number of rotatable bonds is 4. The molecule has 2 aromatic rings. The molecule has 0 amide bonds. The van der Waals surface area contributed by atoms with Gasteiger partial charge < -0.3 is 10.1 Å². The Kier molecular flexibility index (Phi) is 4.81. The maximum Gasteiger partial charge on any atom is 0.340 e. The number of carbonyl (C=O) groups is 1. The van der Waals surface area contributed by atoms with E-state index in [0.29, 0.717) is 28.4 Å². The minimum absolute atomic E-state index is 0.388. The zero-order valence-electron chi connectivity index (χ0n) is 11.4. The first-order chi connectivity index (χ1) is 10.1. The van der Waals surface area contributed by atoms with Crippen LogP contribution in [0.3, 0.4) is 0 Å². The summed E-state index contributed by atoms with van der Waals surface area (Å²) < 4.78 is 4.74.